The van der Waals surface area contributed by atoms with E-state index in [1.54, 1.807) is 0 Å². The quantitative estimate of drug-likeness (QED) is 0.726. The lowest BCUT2D eigenvalue weighted by Crippen LogP contribution is -2.34. The number of likely N-dealkylation sites (N-methyl/N-ethyl adjacent to an activating group) is 1. The molecule has 98 valence electrons. The Labute approximate surface area is 116 Å². The standard InChI is InChI=1S/C18H22N/c1-19(2,3)15-14-18(16-10-6-4-7-11-16)17-12-8-5-9-13-17/h4-14H,15H2,1-3H3/q+1. The van der Waals surface area contributed by atoms with E-state index >= 15 is 0 Å². The molecule has 0 aromatic heterocycles. The molecular weight excluding hydrogens is 230 g/mol. The first-order valence-electron chi connectivity index (χ1n) is 6.68. The molecule has 0 aliphatic heterocycles. The second-order valence-corrected chi connectivity index (χ2v) is 5.82. The molecule has 0 atom stereocenters. The molecule has 0 N–H and O–H groups in total. The third-order valence-corrected chi connectivity index (χ3v) is 3.01. The van der Waals surface area contributed by atoms with Crippen LogP contribution in [-0.4, -0.2) is 32.2 Å². The van der Waals surface area contributed by atoms with Crippen LogP contribution in [0.2, 0.25) is 0 Å². The van der Waals surface area contributed by atoms with Crippen molar-refractivity contribution in [3.63, 3.8) is 0 Å². The van der Waals surface area contributed by atoms with E-state index in [0.717, 1.165) is 11.0 Å². The summed E-state index contributed by atoms with van der Waals surface area (Å²) in [5.41, 5.74) is 3.87. The molecule has 0 spiro atoms. The predicted octanol–water partition coefficient (Wildman–Crippen LogP) is 3.82. The Hall–Kier alpha value is -1.86. The van der Waals surface area contributed by atoms with Gasteiger partial charge in [-0.3, -0.25) is 0 Å². The van der Waals surface area contributed by atoms with Crippen molar-refractivity contribution in [3.8, 4) is 0 Å². The molecule has 2 aromatic carbocycles. The SMILES string of the molecule is C[N+](C)(C)CC=C(c1ccccc1)c1ccccc1. The summed E-state index contributed by atoms with van der Waals surface area (Å²) in [4.78, 5) is 0. The fourth-order valence-electron chi connectivity index (χ4n) is 2.00. The summed E-state index contributed by atoms with van der Waals surface area (Å²) < 4.78 is 0.934. The van der Waals surface area contributed by atoms with Gasteiger partial charge in [-0.05, 0) is 22.8 Å². The molecule has 0 heterocycles. The molecule has 0 radical (unpaired) electrons. The minimum atomic E-state index is 0.934. The van der Waals surface area contributed by atoms with E-state index in [-0.39, 0.29) is 0 Å². The Kier molecular flexibility index (Phi) is 4.18. The Morgan fingerprint density at radius 1 is 0.789 bits per heavy atom. The molecule has 0 unspecified atom stereocenters. The van der Waals surface area contributed by atoms with Crippen molar-refractivity contribution in [1.29, 1.82) is 0 Å². The number of quaternary nitrogens is 1. The normalized spacial score (nSPS) is 11.1. The third-order valence-electron chi connectivity index (χ3n) is 3.01. The molecule has 19 heavy (non-hydrogen) atoms. The Balaban J connectivity index is 2.40. The van der Waals surface area contributed by atoms with Crippen molar-refractivity contribution >= 4 is 5.57 Å². The van der Waals surface area contributed by atoms with Gasteiger partial charge in [0.1, 0.15) is 0 Å². The van der Waals surface area contributed by atoms with Gasteiger partial charge in [-0.25, -0.2) is 0 Å². The number of hydrogen-bond acceptors (Lipinski definition) is 0. The Bertz CT molecular complexity index is 491. The van der Waals surface area contributed by atoms with E-state index in [1.807, 2.05) is 0 Å². The fourth-order valence-corrected chi connectivity index (χ4v) is 2.00. The van der Waals surface area contributed by atoms with Crippen LogP contribution in [0.15, 0.2) is 66.7 Å². The Morgan fingerprint density at radius 2 is 1.21 bits per heavy atom. The van der Waals surface area contributed by atoms with Crippen LogP contribution >= 0.6 is 0 Å². The smallest absolute Gasteiger partial charge is 0.0976 e. The van der Waals surface area contributed by atoms with Gasteiger partial charge in [0, 0.05) is 0 Å². The van der Waals surface area contributed by atoms with Crippen LogP contribution in [0.3, 0.4) is 0 Å². The second kappa shape index (κ2) is 5.85. The molecule has 0 bridgehead atoms. The average Bonchev–Trinajstić information content (AvgIpc) is 2.40. The monoisotopic (exact) mass is 252 g/mol. The molecular formula is C18H22N+. The van der Waals surface area contributed by atoms with Crippen LogP contribution in [0.5, 0.6) is 0 Å². The van der Waals surface area contributed by atoms with Crippen molar-refractivity contribution < 1.29 is 4.48 Å². The van der Waals surface area contributed by atoms with Gasteiger partial charge in [0.25, 0.3) is 0 Å². The highest BCUT2D eigenvalue weighted by Crippen LogP contribution is 2.23. The average molecular weight is 252 g/mol. The highest BCUT2D eigenvalue weighted by Gasteiger charge is 2.08. The molecule has 0 amide bonds. The first kappa shape index (κ1) is 13.6. The van der Waals surface area contributed by atoms with Gasteiger partial charge in [0.05, 0.1) is 27.7 Å². The summed E-state index contributed by atoms with van der Waals surface area (Å²) in [7, 11) is 6.64. The van der Waals surface area contributed by atoms with E-state index in [0.29, 0.717) is 0 Å². The molecule has 0 aliphatic carbocycles. The van der Waals surface area contributed by atoms with Gasteiger partial charge >= 0.3 is 0 Å². The van der Waals surface area contributed by atoms with Crippen LogP contribution in [-0.2, 0) is 0 Å². The Morgan fingerprint density at radius 3 is 1.58 bits per heavy atom. The van der Waals surface area contributed by atoms with Crippen LogP contribution in [0.25, 0.3) is 5.57 Å². The van der Waals surface area contributed by atoms with Gasteiger partial charge < -0.3 is 4.48 Å². The van der Waals surface area contributed by atoms with Crippen molar-refractivity contribution in [2.75, 3.05) is 27.7 Å². The minimum Gasteiger partial charge on any atom is -0.328 e. The summed E-state index contributed by atoms with van der Waals surface area (Å²) in [5, 5.41) is 0. The topological polar surface area (TPSA) is 0 Å². The van der Waals surface area contributed by atoms with Crippen LogP contribution < -0.4 is 0 Å². The zero-order valence-corrected chi connectivity index (χ0v) is 12.0. The van der Waals surface area contributed by atoms with Crippen molar-refractivity contribution in [2.45, 2.75) is 0 Å². The lowest BCUT2D eigenvalue weighted by molar-refractivity contribution is -0.864. The molecule has 0 saturated heterocycles. The summed E-state index contributed by atoms with van der Waals surface area (Å²) in [6, 6.07) is 21.2. The lowest BCUT2D eigenvalue weighted by Gasteiger charge is -2.22. The molecule has 0 saturated carbocycles. The van der Waals surface area contributed by atoms with E-state index in [1.165, 1.54) is 16.7 Å². The summed E-state index contributed by atoms with van der Waals surface area (Å²) >= 11 is 0. The maximum absolute atomic E-state index is 2.34. The third kappa shape index (κ3) is 4.08. The first-order valence-corrected chi connectivity index (χ1v) is 6.68. The minimum absolute atomic E-state index is 0.934. The van der Waals surface area contributed by atoms with Crippen LogP contribution in [0, 0.1) is 0 Å². The molecule has 0 aliphatic rings. The van der Waals surface area contributed by atoms with E-state index in [9.17, 15) is 0 Å². The summed E-state index contributed by atoms with van der Waals surface area (Å²) in [5.74, 6) is 0. The second-order valence-electron chi connectivity index (χ2n) is 5.82. The lowest BCUT2D eigenvalue weighted by atomic mass is 9.97. The van der Waals surface area contributed by atoms with E-state index < -0.39 is 0 Å². The predicted molar refractivity (Wildman–Crippen MR) is 82.9 cm³/mol. The zero-order valence-electron chi connectivity index (χ0n) is 12.0. The largest absolute Gasteiger partial charge is 0.328 e. The molecule has 2 rings (SSSR count). The van der Waals surface area contributed by atoms with E-state index in [4.69, 9.17) is 0 Å². The van der Waals surface area contributed by atoms with Gasteiger partial charge in [0.2, 0.25) is 0 Å². The summed E-state index contributed by atoms with van der Waals surface area (Å²) in [6.45, 7) is 1.01. The first-order chi connectivity index (χ1) is 9.06. The number of hydrogen-bond donors (Lipinski definition) is 0. The van der Waals surface area contributed by atoms with Crippen LogP contribution in [0.1, 0.15) is 11.1 Å². The van der Waals surface area contributed by atoms with Gasteiger partial charge in [-0.15, -0.1) is 0 Å². The molecule has 0 fully saturated rings. The highest BCUT2D eigenvalue weighted by atomic mass is 15.3. The fraction of sp³-hybridized carbons (Fsp3) is 0.222. The number of nitrogens with zero attached hydrogens (tertiary/aromatic N) is 1. The van der Waals surface area contributed by atoms with Crippen molar-refractivity contribution in [1.82, 2.24) is 0 Å². The van der Waals surface area contributed by atoms with Crippen LogP contribution in [0.4, 0.5) is 0 Å². The number of benzene rings is 2. The van der Waals surface area contributed by atoms with Gasteiger partial charge in [-0.2, -0.15) is 0 Å². The summed E-state index contributed by atoms with van der Waals surface area (Å²) in [6.07, 6.45) is 2.34. The van der Waals surface area contributed by atoms with Gasteiger partial charge in [0.15, 0.2) is 0 Å². The highest BCUT2D eigenvalue weighted by molar-refractivity contribution is 5.79. The zero-order chi connectivity index (χ0) is 13.7. The van der Waals surface area contributed by atoms with Crippen molar-refractivity contribution in [3.05, 3.63) is 77.9 Å². The van der Waals surface area contributed by atoms with Gasteiger partial charge in [-0.1, -0.05) is 60.7 Å². The van der Waals surface area contributed by atoms with Crippen molar-refractivity contribution in [2.24, 2.45) is 0 Å². The number of rotatable bonds is 4. The maximum atomic E-state index is 2.34. The molecule has 1 heteroatoms. The molecule has 1 nitrogen and oxygen atoms in total. The maximum Gasteiger partial charge on any atom is 0.0976 e. The van der Waals surface area contributed by atoms with E-state index in [2.05, 4.69) is 87.9 Å². The molecule has 2 aromatic rings.